The number of carbonyl (C=O) groups is 2. The van der Waals surface area contributed by atoms with Gasteiger partial charge in [0.05, 0.1) is 35.1 Å². The van der Waals surface area contributed by atoms with Crippen LogP contribution in [0, 0.1) is 17.2 Å². The van der Waals surface area contributed by atoms with Crippen LogP contribution in [0.2, 0.25) is 0 Å². The number of esters is 1. The molecule has 3 rings (SSSR count). The van der Waals surface area contributed by atoms with Gasteiger partial charge in [0.1, 0.15) is 11.9 Å². The van der Waals surface area contributed by atoms with E-state index in [9.17, 15) is 23.3 Å². The fourth-order valence-corrected chi connectivity index (χ4v) is 4.71. The number of benzene rings is 1. The highest BCUT2D eigenvalue weighted by molar-refractivity contribution is 7.89. The molecule has 2 aromatic rings. The zero-order valence-corrected chi connectivity index (χ0v) is 19.6. The molecule has 0 aliphatic carbocycles. The predicted octanol–water partition coefficient (Wildman–Crippen LogP) is 2.34. The third-order valence-corrected chi connectivity index (χ3v) is 6.43. The molecule has 0 saturated carbocycles. The molecule has 174 valence electrons. The van der Waals surface area contributed by atoms with Gasteiger partial charge in [-0.1, -0.05) is 44.2 Å². The van der Waals surface area contributed by atoms with Crippen molar-refractivity contribution in [2.24, 2.45) is 5.92 Å². The lowest BCUT2D eigenvalue weighted by Crippen LogP contribution is -2.55. The molecule has 1 aliphatic heterocycles. The summed E-state index contributed by atoms with van der Waals surface area (Å²) in [6, 6.07) is 12.1. The van der Waals surface area contributed by atoms with Crippen LogP contribution in [0.5, 0.6) is 0 Å². The first-order valence-electron chi connectivity index (χ1n) is 10.6. The van der Waals surface area contributed by atoms with Crippen LogP contribution in [0.3, 0.4) is 0 Å². The Morgan fingerprint density at radius 1 is 1.27 bits per heavy atom. The Morgan fingerprint density at radius 3 is 2.52 bits per heavy atom. The van der Waals surface area contributed by atoms with Crippen LogP contribution in [-0.4, -0.2) is 45.0 Å². The molecule has 2 heterocycles. The van der Waals surface area contributed by atoms with Gasteiger partial charge in [0.25, 0.3) is 0 Å². The van der Waals surface area contributed by atoms with E-state index >= 15 is 0 Å². The SMILES string of the molecule is CCOC(=O)c1cc(C#N)c(N2CC(C(=O)NS(=O)(=O)Cc3ccccc3)C2)nc1C(C)C. The fourth-order valence-electron chi connectivity index (χ4n) is 3.54. The molecule has 9 nitrogen and oxygen atoms in total. The number of anilines is 1. The van der Waals surface area contributed by atoms with Crippen LogP contribution in [0.25, 0.3) is 0 Å². The summed E-state index contributed by atoms with van der Waals surface area (Å²) in [4.78, 5) is 31.1. The Balaban J connectivity index is 1.72. The van der Waals surface area contributed by atoms with Gasteiger partial charge in [0.2, 0.25) is 15.9 Å². The van der Waals surface area contributed by atoms with Crippen molar-refractivity contribution in [3.63, 3.8) is 0 Å². The number of nitrogens with one attached hydrogen (secondary N) is 1. The van der Waals surface area contributed by atoms with Gasteiger partial charge in [-0.25, -0.2) is 18.2 Å². The van der Waals surface area contributed by atoms with Gasteiger partial charge in [0.15, 0.2) is 0 Å². The van der Waals surface area contributed by atoms with E-state index in [0.717, 1.165) is 0 Å². The number of pyridine rings is 1. The second-order valence-electron chi connectivity index (χ2n) is 8.09. The van der Waals surface area contributed by atoms with E-state index in [1.165, 1.54) is 6.07 Å². The third-order valence-electron chi connectivity index (χ3n) is 5.20. The van der Waals surface area contributed by atoms with Crippen LogP contribution >= 0.6 is 0 Å². The van der Waals surface area contributed by atoms with Gasteiger partial charge in [-0.3, -0.25) is 9.52 Å². The lowest BCUT2D eigenvalue weighted by Gasteiger charge is -2.39. The predicted molar refractivity (Wildman–Crippen MR) is 122 cm³/mol. The van der Waals surface area contributed by atoms with E-state index in [-0.39, 0.29) is 42.5 Å². The van der Waals surface area contributed by atoms with Gasteiger partial charge < -0.3 is 9.64 Å². The standard InChI is InChI=1S/C23H26N4O5S/c1-4-32-23(29)19-10-17(11-24)21(25-20(19)15(2)3)27-12-18(13-27)22(28)26-33(30,31)14-16-8-6-5-7-9-16/h5-10,15,18H,4,12-14H2,1-3H3,(H,26,28). The molecular weight excluding hydrogens is 444 g/mol. The molecule has 0 unspecified atom stereocenters. The highest BCUT2D eigenvalue weighted by Crippen LogP contribution is 2.30. The highest BCUT2D eigenvalue weighted by atomic mass is 32.2. The maximum atomic E-state index is 12.5. The molecule has 1 aliphatic rings. The Bertz CT molecular complexity index is 1180. The average Bonchev–Trinajstić information content (AvgIpc) is 2.72. The maximum absolute atomic E-state index is 12.5. The first-order valence-corrected chi connectivity index (χ1v) is 12.3. The highest BCUT2D eigenvalue weighted by Gasteiger charge is 2.37. The lowest BCUT2D eigenvalue weighted by atomic mass is 9.97. The molecule has 0 radical (unpaired) electrons. The number of hydrogen-bond acceptors (Lipinski definition) is 8. The second-order valence-corrected chi connectivity index (χ2v) is 9.81. The molecule has 0 bridgehead atoms. The van der Waals surface area contributed by atoms with Gasteiger partial charge in [-0.05, 0) is 24.5 Å². The number of sulfonamides is 1. The smallest absolute Gasteiger partial charge is 0.340 e. The van der Waals surface area contributed by atoms with Crippen molar-refractivity contribution in [2.45, 2.75) is 32.4 Å². The number of aromatic nitrogens is 1. The van der Waals surface area contributed by atoms with E-state index in [0.29, 0.717) is 17.1 Å². The molecule has 0 atom stereocenters. The van der Waals surface area contributed by atoms with Crippen molar-refractivity contribution in [1.29, 1.82) is 5.26 Å². The Kier molecular flexibility index (Phi) is 7.33. The van der Waals surface area contributed by atoms with Crippen molar-refractivity contribution in [3.05, 3.63) is 58.8 Å². The number of hydrogen-bond donors (Lipinski definition) is 1. The van der Waals surface area contributed by atoms with Crippen LogP contribution in [0.1, 0.15) is 53.9 Å². The largest absolute Gasteiger partial charge is 0.462 e. The number of nitrogens with zero attached hydrogens (tertiary/aromatic N) is 3. The number of rotatable bonds is 8. The van der Waals surface area contributed by atoms with Crippen LogP contribution in [0.15, 0.2) is 36.4 Å². The van der Waals surface area contributed by atoms with Crippen molar-refractivity contribution in [3.8, 4) is 6.07 Å². The number of amides is 1. The summed E-state index contributed by atoms with van der Waals surface area (Å²) in [7, 11) is -3.83. The Hall–Kier alpha value is -3.45. The summed E-state index contributed by atoms with van der Waals surface area (Å²) < 4.78 is 31.9. The van der Waals surface area contributed by atoms with Crippen molar-refractivity contribution >= 4 is 27.7 Å². The van der Waals surface area contributed by atoms with Gasteiger partial charge in [-0.2, -0.15) is 5.26 Å². The minimum Gasteiger partial charge on any atom is -0.462 e. The quantitative estimate of drug-likeness (QED) is 0.582. The summed E-state index contributed by atoms with van der Waals surface area (Å²) in [5, 5.41) is 9.59. The Labute approximate surface area is 193 Å². The first kappa shape index (κ1) is 24.2. The molecular formula is C23H26N4O5S. The normalized spacial score (nSPS) is 13.8. The van der Waals surface area contributed by atoms with E-state index in [2.05, 4.69) is 9.71 Å². The fraction of sp³-hybridized carbons (Fsp3) is 0.391. The minimum absolute atomic E-state index is 0.0978. The summed E-state index contributed by atoms with van der Waals surface area (Å²) in [5.74, 6) is -1.71. The Morgan fingerprint density at radius 2 is 1.94 bits per heavy atom. The molecule has 1 saturated heterocycles. The molecule has 1 fully saturated rings. The summed E-state index contributed by atoms with van der Waals surface area (Å²) in [6.07, 6.45) is 0. The van der Waals surface area contributed by atoms with Gasteiger partial charge in [0, 0.05) is 13.1 Å². The molecule has 1 aromatic heterocycles. The van der Waals surface area contributed by atoms with Crippen LogP contribution in [0.4, 0.5) is 5.82 Å². The minimum atomic E-state index is -3.83. The molecule has 0 spiro atoms. The third kappa shape index (κ3) is 5.68. The summed E-state index contributed by atoms with van der Waals surface area (Å²) in [6.45, 7) is 6.09. The molecule has 1 aromatic carbocycles. The maximum Gasteiger partial charge on any atom is 0.340 e. The van der Waals surface area contributed by atoms with Gasteiger partial charge in [-0.15, -0.1) is 0 Å². The van der Waals surface area contributed by atoms with Crippen LogP contribution in [-0.2, 0) is 25.3 Å². The number of carbonyl (C=O) groups excluding carboxylic acids is 2. The lowest BCUT2D eigenvalue weighted by molar-refractivity contribution is -0.123. The molecule has 1 amide bonds. The average molecular weight is 471 g/mol. The van der Waals surface area contributed by atoms with Crippen molar-refractivity contribution in [1.82, 2.24) is 9.71 Å². The summed E-state index contributed by atoms with van der Waals surface area (Å²) >= 11 is 0. The first-order chi connectivity index (χ1) is 15.6. The molecule has 1 N–H and O–H groups in total. The molecule has 33 heavy (non-hydrogen) atoms. The van der Waals surface area contributed by atoms with Crippen molar-refractivity contribution in [2.75, 3.05) is 24.6 Å². The monoisotopic (exact) mass is 470 g/mol. The second kappa shape index (κ2) is 10.0. The van der Waals surface area contributed by atoms with Crippen molar-refractivity contribution < 1.29 is 22.7 Å². The number of nitriles is 1. The zero-order chi connectivity index (χ0) is 24.2. The summed E-state index contributed by atoms with van der Waals surface area (Å²) in [5.41, 5.74) is 1.52. The number of ether oxygens (including phenoxy) is 1. The van der Waals surface area contributed by atoms with Crippen LogP contribution < -0.4 is 9.62 Å². The van der Waals surface area contributed by atoms with E-state index in [4.69, 9.17) is 4.74 Å². The van der Waals surface area contributed by atoms with E-state index in [1.807, 2.05) is 19.9 Å². The van der Waals surface area contributed by atoms with E-state index < -0.39 is 27.8 Å². The molecule has 10 heteroatoms. The zero-order valence-electron chi connectivity index (χ0n) is 18.7. The van der Waals surface area contributed by atoms with E-state index in [1.54, 1.807) is 42.2 Å². The van der Waals surface area contributed by atoms with Gasteiger partial charge >= 0.3 is 5.97 Å². The topological polar surface area (TPSA) is 129 Å².